The summed E-state index contributed by atoms with van der Waals surface area (Å²) in [5.41, 5.74) is -0.706. The van der Waals surface area contributed by atoms with Gasteiger partial charge in [-0.25, -0.2) is 9.18 Å². The minimum absolute atomic E-state index is 0.0700. The lowest BCUT2D eigenvalue weighted by atomic mass is 10.1. The largest absolute Gasteiger partial charge is 0.480 e. The Morgan fingerprint density at radius 3 is 2.59 bits per heavy atom. The number of rotatable bonds is 6. The summed E-state index contributed by atoms with van der Waals surface area (Å²) in [5, 5.41) is 11.6. The Labute approximate surface area is 133 Å². The Bertz CT molecular complexity index is 557. The van der Waals surface area contributed by atoms with Gasteiger partial charge in [0.05, 0.1) is 11.2 Å². The number of benzene rings is 1. The molecule has 1 rings (SSSR count). The van der Waals surface area contributed by atoms with Gasteiger partial charge in [0.1, 0.15) is 11.9 Å². The van der Waals surface area contributed by atoms with Crippen LogP contribution in [0.2, 0.25) is 5.02 Å². The molecule has 0 aliphatic rings. The Morgan fingerprint density at radius 2 is 2.05 bits per heavy atom. The molecule has 1 aromatic rings. The van der Waals surface area contributed by atoms with Gasteiger partial charge in [0.25, 0.3) is 5.91 Å². The van der Waals surface area contributed by atoms with Crippen LogP contribution in [-0.2, 0) is 9.53 Å². The molecule has 0 fully saturated rings. The summed E-state index contributed by atoms with van der Waals surface area (Å²) in [6.45, 7) is 5.66. The van der Waals surface area contributed by atoms with Crippen molar-refractivity contribution in [2.24, 2.45) is 0 Å². The van der Waals surface area contributed by atoms with E-state index in [-0.39, 0.29) is 23.6 Å². The van der Waals surface area contributed by atoms with Crippen LogP contribution in [-0.4, -0.2) is 35.2 Å². The molecule has 122 valence electrons. The summed E-state index contributed by atoms with van der Waals surface area (Å²) in [5.74, 6) is -2.81. The molecule has 0 bridgehead atoms. The minimum Gasteiger partial charge on any atom is -0.480 e. The number of halogens is 2. The molecule has 0 saturated carbocycles. The third kappa shape index (κ3) is 5.99. The van der Waals surface area contributed by atoms with Gasteiger partial charge in [-0.2, -0.15) is 0 Å². The van der Waals surface area contributed by atoms with Gasteiger partial charge in [0, 0.05) is 18.1 Å². The average Bonchev–Trinajstić information content (AvgIpc) is 2.38. The zero-order valence-electron chi connectivity index (χ0n) is 12.7. The van der Waals surface area contributed by atoms with Crippen molar-refractivity contribution in [3.8, 4) is 0 Å². The normalized spacial score (nSPS) is 12.8. The van der Waals surface area contributed by atoms with E-state index >= 15 is 0 Å². The molecule has 0 saturated heterocycles. The standard InChI is InChI=1S/C15H19ClFNO4/c1-15(2,3)22-7-6-12(14(20)21)18-13(19)10-8-9(16)4-5-11(10)17/h4-5,8,12H,6-7H2,1-3H3,(H,18,19)(H,20,21). The van der Waals surface area contributed by atoms with Gasteiger partial charge < -0.3 is 15.2 Å². The fourth-order valence-corrected chi connectivity index (χ4v) is 1.82. The lowest BCUT2D eigenvalue weighted by Gasteiger charge is -2.21. The summed E-state index contributed by atoms with van der Waals surface area (Å²) in [6, 6.07) is 2.33. The van der Waals surface area contributed by atoms with E-state index in [9.17, 15) is 14.0 Å². The van der Waals surface area contributed by atoms with E-state index in [0.29, 0.717) is 0 Å². The Morgan fingerprint density at radius 1 is 1.41 bits per heavy atom. The van der Waals surface area contributed by atoms with Crippen molar-refractivity contribution in [1.29, 1.82) is 0 Å². The highest BCUT2D eigenvalue weighted by Crippen LogP contribution is 2.15. The first kappa shape index (κ1) is 18.4. The minimum atomic E-state index is -1.21. The number of ether oxygens (including phenoxy) is 1. The van der Waals surface area contributed by atoms with Gasteiger partial charge in [-0.15, -0.1) is 0 Å². The molecule has 2 N–H and O–H groups in total. The molecule has 7 heteroatoms. The first-order chi connectivity index (χ1) is 10.1. The summed E-state index contributed by atoms with van der Waals surface area (Å²) >= 11 is 5.71. The third-order valence-electron chi connectivity index (χ3n) is 2.72. The maximum absolute atomic E-state index is 13.6. The third-order valence-corrected chi connectivity index (χ3v) is 2.95. The Hall–Kier alpha value is -1.66. The fourth-order valence-electron chi connectivity index (χ4n) is 1.65. The number of carboxylic acids is 1. The summed E-state index contributed by atoms with van der Waals surface area (Å²) in [6.07, 6.45) is 0.0700. The number of carbonyl (C=O) groups excluding carboxylic acids is 1. The second-order valence-corrected chi connectivity index (χ2v) is 6.17. The molecule has 0 radical (unpaired) electrons. The Kier molecular flexibility index (Phi) is 6.32. The monoisotopic (exact) mass is 331 g/mol. The van der Waals surface area contributed by atoms with Gasteiger partial charge in [-0.3, -0.25) is 4.79 Å². The number of carbonyl (C=O) groups is 2. The molecule has 1 amide bonds. The molecular weight excluding hydrogens is 313 g/mol. The number of hydrogen-bond donors (Lipinski definition) is 2. The van der Waals surface area contributed by atoms with Gasteiger partial charge in [0.15, 0.2) is 0 Å². The highest BCUT2D eigenvalue weighted by atomic mass is 35.5. The number of amides is 1. The second-order valence-electron chi connectivity index (χ2n) is 5.74. The quantitative estimate of drug-likeness (QED) is 0.840. The van der Waals surface area contributed by atoms with E-state index in [4.69, 9.17) is 21.4 Å². The molecular formula is C15H19ClFNO4. The highest BCUT2D eigenvalue weighted by molar-refractivity contribution is 6.31. The van der Waals surface area contributed by atoms with Crippen LogP contribution in [0.1, 0.15) is 37.6 Å². The number of carboxylic acid groups (broad SMARTS) is 1. The zero-order chi connectivity index (χ0) is 16.9. The van der Waals surface area contributed by atoms with Crippen LogP contribution >= 0.6 is 11.6 Å². The van der Waals surface area contributed by atoms with Crippen LogP contribution in [0.15, 0.2) is 18.2 Å². The van der Waals surface area contributed by atoms with Crippen molar-refractivity contribution in [3.05, 3.63) is 34.6 Å². The molecule has 0 spiro atoms. The van der Waals surface area contributed by atoms with Crippen LogP contribution in [0.3, 0.4) is 0 Å². The van der Waals surface area contributed by atoms with Crippen LogP contribution in [0.5, 0.6) is 0 Å². The Balaban J connectivity index is 2.72. The van der Waals surface area contributed by atoms with Crippen LogP contribution in [0.25, 0.3) is 0 Å². The van der Waals surface area contributed by atoms with Crippen molar-refractivity contribution in [2.45, 2.75) is 38.8 Å². The molecule has 0 heterocycles. The fraction of sp³-hybridized carbons (Fsp3) is 0.467. The maximum atomic E-state index is 13.6. The molecule has 5 nitrogen and oxygen atoms in total. The summed E-state index contributed by atoms with van der Waals surface area (Å²) < 4.78 is 19.0. The summed E-state index contributed by atoms with van der Waals surface area (Å²) in [4.78, 5) is 23.2. The van der Waals surface area contributed by atoms with Crippen LogP contribution < -0.4 is 5.32 Å². The van der Waals surface area contributed by atoms with Crippen LogP contribution in [0, 0.1) is 5.82 Å². The van der Waals surface area contributed by atoms with Gasteiger partial charge in [-0.05, 0) is 39.0 Å². The molecule has 0 aliphatic carbocycles. The lowest BCUT2D eigenvalue weighted by Crippen LogP contribution is -2.42. The zero-order valence-corrected chi connectivity index (χ0v) is 13.4. The maximum Gasteiger partial charge on any atom is 0.326 e. The lowest BCUT2D eigenvalue weighted by molar-refractivity contribution is -0.140. The van der Waals surface area contributed by atoms with E-state index in [1.807, 2.05) is 20.8 Å². The van der Waals surface area contributed by atoms with Gasteiger partial charge in [-0.1, -0.05) is 11.6 Å². The van der Waals surface area contributed by atoms with E-state index in [2.05, 4.69) is 5.32 Å². The SMILES string of the molecule is CC(C)(C)OCCC(NC(=O)c1cc(Cl)ccc1F)C(=O)O. The number of nitrogens with one attached hydrogen (secondary N) is 1. The topological polar surface area (TPSA) is 75.6 Å². The van der Waals surface area contributed by atoms with Crippen molar-refractivity contribution in [1.82, 2.24) is 5.32 Å². The summed E-state index contributed by atoms with van der Waals surface area (Å²) in [7, 11) is 0. The molecule has 1 aromatic carbocycles. The first-order valence-corrected chi connectivity index (χ1v) is 7.10. The first-order valence-electron chi connectivity index (χ1n) is 6.73. The number of hydrogen-bond acceptors (Lipinski definition) is 3. The second kappa shape index (κ2) is 7.56. The van der Waals surface area contributed by atoms with E-state index < -0.39 is 29.3 Å². The van der Waals surface area contributed by atoms with Crippen molar-refractivity contribution in [3.63, 3.8) is 0 Å². The molecule has 1 unspecified atom stereocenters. The molecule has 0 aromatic heterocycles. The smallest absolute Gasteiger partial charge is 0.326 e. The van der Waals surface area contributed by atoms with Crippen molar-refractivity contribution in [2.75, 3.05) is 6.61 Å². The molecule has 22 heavy (non-hydrogen) atoms. The van der Waals surface area contributed by atoms with Gasteiger partial charge >= 0.3 is 5.97 Å². The van der Waals surface area contributed by atoms with Gasteiger partial charge in [0.2, 0.25) is 0 Å². The predicted molar refractivity (Wildman–Crippen MR) is 80.6 cm³/mol. The average molecular weight is 332 g/mol. The van der Waals surface area contributed by atoms with E-state index in [1.165, 1.54) is 6.07 Å². The van der Waals surface area contributed by atoms with Crippen molar-refractivity contribution < 1.29 is 23.8 Å². The molecule has 0 aliphatic heterocycles. The number of aliphatic carboxylic acids is 1. The highest BCUT2D eigenvalue weighted by Gasteiger charge is 2.23. The van der Waals surface area contributed by atoms with Crippen LogP contribution in [0.4, 0.5) is 4.39 Å². The van der Waals surface area contributed by atoms with E-state index in [0.717, 1.165) is 12.1 Å². The van der Waals surface area contributed by atoms with E-state index in [1.54, 1.807) is 0 Å². The predicted octanol–water partition coefficient (Wildman–Crippen LogP) is 2.87. The van der Waals surface area contributed by atoms with Crippen molar-refractivity contribution >= 4 is 23.5 Å². The molecule has 1 atom stereocenters.